The number of likely N-dealkylation sites (N-methyl/N-ethyl adjacent to an activating group) is 1. The Morgan fingerprint density at radius 2 is 2.15 bits per heavy atom. The normalized spacial score (nSPS) is 20.6. The number of carboxylic acid groups (broad SMARTS) is 1. The molecular weight excluding hydrogens is 260 g/mol. The second-order valence-corrected chi connectivity index (χ2v) is 5.47. The van der Waals surface area contributed by atoms with Gasteiger partial charge in [0.2, 0.25) is 0 Å². The first-order valence-electron chi connectivity index (χ1n) is 7.21. The smallest absolute Gasteiger partial charge is 0.320 e. The summed E-state index contributed by atoms with van der Waals surface area (Å²) in [5, 5.41) is 8.81. The predicted molar refractivity (Wildman–Crippen MR) is 75.7 cm³/mol. The predicted octanol–water partition coefficient (Wildman–Crippen LogP) is 1.79. The SMILES string of the molecule is COCC(C)N(C)C(=O)N1CCCCC1CCC(=O)O. The first-order valence-corrected chi connectivity index (χ1v) is 7.21. The fraction of sp³-hybridized carbons (Fsp3) is 0.857. The van der Waals surface area contributed by atoms with Gasteiger partial charge in [-0.3, -0.25) is 4.79 Å². The molecule has 116 valence electrons. The third-order valence-electron chi connectivity index (χ3n) is 3.94. The molecule has 0 saturated carbocycles. The van der Waals surface area contributed by atoms with E-state index in [0.29, 0.717) is 19.6 Å². The second kappa shape index (κ2) is 8.09. The van der Waals surface area contributed by atoms with Gasteiger partial charge in [-0.05, 0) is 32.6 Å². The van der Waals surface area contributed by atoms with Crippen molar-refractivity contribution in [2.24, 2.45) is 0 Å². The molecule has 0 aliphatic carbocycles. The van der Waals surface area contributed by atoms with Crippen LogP contribution in [0, 0.1) is 0 Å². The molecule has 1 rings (SSSR count). The van der Waals surface area contributed by atoms with E-state index in [-0.39, 0.29) is 24.5 Å². The molecule has 2 unspecified atom stereocenters. The molecule has 0 aromatic heterocycles. The van der Waals surface area contributed by atoms with Gasteiger partial charge in [0.05, 0.1) is 12.6 Å². The van der Waals surface area contributed by atoms with Gasteiger partial charge in [-0.15, -0.1) is 0 Å². The van der Waals surface area contributed by atoms with Gasteiger partial charge in [0, 0.05) is 33.2 Å². The van der Waals surface area contributed by atoms with Crippen molar-refractivity contribution in [3.05, 3.63) is 0 Å². The lowest BCUT2D eigenvalue weighted by molar-refractivity contribution is -0.137. The van der Waals surface area contributed by atoms with Crippen LogP contribution in [0.4, 0.5) is 4.79 Å². The highest BCUT2D eigenvalue weighted by molar-refractivity contribution is 5.75. The van der Waals surface area contributed by atoms with Crippen LogP contribution in [0.5, 0.6) is 0 Å². The van der Waals surface area contributed by atoms with E-state index in [0.717, 1.165) is 19.3 Å². The van der Waals surface area contributed by atoms with E-state index >= 15 is 0 Å². The van der Waals surface area contributed by atoms with Crippen LogP contribution in [-0.4, -0.2) is 66.3 Å². The highest BCUT2D eigenvalue weighted by Crippen LogP contribution is 2.22. The summed E-state index contributed by atoms with van der Waals surface area (Å²) in [7, 11) is 3.39. The maximum Gasteiger partial charge on any atom is 0.320 e. The van der Waals surface area contributed by atoms with Gasteiger partial charge in [0.1, 0.15) is 0 Å². The summed E-state index contributed by atoms with van der Waals surface area (Å²) in [6.45, 7) is 3.15. The summed E-state index contributed by atoms with van der Waals surface area (Å²) in [5.74, 6) is -0.802. The van der Waals surface area contributed by atoms with Crippen molar-refractivity contribution in [3.8, 4) is 0 Å². The van der Waals surface area contributed by atoms with E-state index in [1.807, 2.05) is 11.8 Å². The molecule has 0 spiro atoms. The van der Waals surface area contributed by atoms with Gasteiger partial charge >= 0.3 is 12.0 Å². The number of methoxy groups -OCH3 is 1. The summed E-state index contributed by atoms with van der Waals surface area (Å²) in [4.78, 5) is 26.7. The summed E-state index contributed by atoms with van der Waals surface area (Å²) in [5.41, 5.74) is 0. The number of amides is 2. The number of nitrogens with zero attached hydrogens (tertiary/aromatic N) is 2. The number of urea groups is 1. The zero-order valence-electron chi connectivity index (χ0n) is 12.7. The minimum Gasteiger partial charge on any atom is -0.481 e. The monoisotopic (exact) mass is 286 g/mol. The Morgan fingerprint density at radius 1 is 1.45 bits per heavy atom. The zero-order valence-corrected chi connectivity index (χ0v) is 12.7. The quantitative estimate of drug-likeness (QED) is 0.808. The van der Waals surface area contributed by atoms with Crippen molar-refractivity contribution < 1.29 is 19.4 Å². The van der Waals surface area contributed by atoms with E-state index in [2.05, 4.69) is 0 Å². The maximum atomic E-state index is 12.5. The molecule has 1 aliphatic heterocycles. The van der Waals surface area contributed by atoms with Crippen molar-refractivity contribution in [2.75, 3.05) is 27.3 Å². The van der Waals surface area contributed by atoms with Crippen molar-refractivity contribution in [3.63, 3.8) is 0 Å². The lowest BCUT2D eigenvalue weighted by atomic mass is 9.98. The number of likely N-dealkylation sites (tertiary alicyclic amines) is 1. The number of rotatable bonds is 6. The average Bonchev–Trinajstić information content (AvgIpc) is 2.44. The molecular formula is C14H26N2O4. The summed E-state index contributed by atoms with van der Waals surface area (Å²) < 4.78 is 5.08. The summed E-state index contributed by atoms with van der Waals surface area (Å²) in [6.07, 6.45) is 3.60. The Morgan fingerprint density at radius 3 is 2.75 bits per heavy atom. The summed E-state index contributed by atoms with van der Waals surface area (Å²) >= 11 is 0. The molecule has 1 heterocycles. The molecule has 0 aromatic rings. The third kappa shape index (κ3) is 4.67. The topological polar surface area (TPSA) is 70.1 Å². The molecule has 1 saturated heterocycles. The number of piperidine rings is 1. The molecule has 0 bridgehead atoms. The van der Waals surface area contributed by atoms with Crippen molar-refractivity contribution in [2.45, 2.75) is 51.1 Å². The third-order valence-corrected chi connectivity index (χ3v) is 3.94. The molecule has 0 aromatic carbocycles. The lowest BCUT2D eigenvalue weighted by Gasteiger charge is -2.39. The molecule has 2 atom stereocenters. The molecule has 0 radical (unpaired) electrons. The Balaban J connectivity index is 2.63. The van der Waals surface area contributed by atoms with Gasteiger partial charge in [-0.1, -0.05) is 0 Å². The second-order valence-electron chi connectivity index (χ2n) is 5.47. The van der Waals surface area contributed by atoms with E-state index in [4.69, 9.17) is 9.84 Å². The lowest BCUT2D eigenvalue weighted by Crippen LogP contribution is -2.52. The molecule has 2 amide bonds. The molecule has 6 heteroatoms. The Labute approximate surface area is 120 Å². The van der Waals surface area contributed by atoms with Crippen LogP contribution in [0.2, 0.25) is 0 Å². The van der Waals surface area contributed by atoms with Gasteiger partial charge in [-0.2, -0.15) is 0 Å². The van der Waals surface area contributed by atoms with Crippen LogP contribution >= 0.6 is 0 Å². The van der Waals surface area contributed by atoms with Crippen molar-refractivity contribution in [1.82, 2.24) is 9.80 Å². The number of ether oxygens (including phenoxy) is 1. The van der Waals surface area contributed by atoms with Gasteiger partial charge in [0.25, 0.3) is 0 Å². The minimum atomic E-state index is -0.802. The van der Waals surface area contributed by atoms with Crippen LogP contribution in [0.3, 0.4) is 0 Å². The van der Waals surface area contributed by atoms with Gasteiger partial charge in [-0.25, -0.2) is 4.79 Å². The summed E-state index contributed by atoms with van der Waals surface area (Å²) in [6, 6.07) is 0.0312. The number of aliphatic carboxylic acids is 1. The highest BCUT2D eigenvalue weighted by Gasteiger charge is 2.30. The van der Waals surface area contributed by atoms with Crippen LogP contribution in [0.15, 0.2) is 0 Å². The zero-order chi connectivity index (χ0) is 15.1. The first kappa shape index (κ1) is 16.8. The van der Waals surface area contributed by atoms with Gasteiger partial charge < -0.3 is 19.6 Å². The molecule has 20 heavy (non-hydrogen) atoms. The molecule has 1 aliphatic rings. The maximum absolute atomic E-state index is 12.5. The Bertz CT molecular complexity index is 335. The van der Waals surface area contributed by atoms with Crippen LogP contribution in [0.1, 0.15) is 39.0 Å². The Hall–Kier alpha value is -1.30. The van der Waals surface area contributed by atoms with Gasteiger partial charge in [0.15, 0.2) is 0 Å². The number of carbonyl (C=O) groups is 2. The number of carbonyl (C=O) groups excluding carboxylic acids is 1. The standard InChI is InChI=1S/C14H26N2O4/c1-11(10-20-3)15(2)14(19)16-9-5-4-6-12(16)7-8-13(17)18/h11-12H,4-10H2,1-3H3,(H,17,18). The van der Waals surface area contributed by atoms with Crippen molar-refractivity contribution in [1.29, 1.82) is 0 Å². The highest BCUT2D eigenvalue weighted by atomic mass is 16.5. The van der Waals surface area contributed by atoms with E-state index in [1.165, 1.54) is 0 Å². The van der Waals surface area contributed by atoms with E-state index in [9.17, 15) is 9.59 Å². The van der Waals surface area contributed by atoms with E-state index in [1.54, 1.807) is 19.1 Å². The largest absolute Gasteiger partial charge is 0.481 e. The molecule has 1 fully saturated rings. The van der Waals surface area contributed by atoms with Crippen LogP contribution < -0.4 is 0 Å². The Kier molecular flexibility index (Phi) is 6.78. The fourth-order valence-corrected chi connectivity index (χ4v) is 2.59. The van der Waals surface area contributed by atoms with Crippen molar-refractivity contribution >= 4 is 12.0 Å². The molecule has 1 N–H and O–H groups in total. The first-order chi connectivity index (χ1) is 9.47. The number of hydrogen-bond acceptors (Lipinski definition) is 3. The van der Waals surface area contributed by atoms with Crippen LogP contribution in [-0.2, 0) is 9.53 Å². The minimum absolute atomic E-state index is 0.00884. The average molecular weight is 286 g/mol. The number of hydrogen-bond donors (Lipinski definition) is 1. The number of carboxylic acids is 1. The molecule has 6 nitrogen and oxygen atoms in total. The fourth-order valence-electron chi connectivity index (χ4n) is 2.59. The van der Waals surface area contributed by atoms with Crippen LogP contribution in [0.25, 0.3) is 0 Å². The van der Waals surface area contributed by atoms with E-state index < -0.39 is 5.97 Å².